The highest BCUT2D eigenvalue weighted by Gasteiger charge is 2.27. The summed E-state index contributed by atoms with van der Waals surface area (Å²) in [5, 5.41) is 1.30. The smallest absolute Gasteiger partial charge is 0.161 e. The van der Waals surface area contributed by atoms with Crippen LogP contribution in [0, 0.1) is 0 Å². The van der Waals surface area contributed by atoms with Gasteiger partial charge in [-0.3, -0.25) is 0 Å². The summed E-state index contributed by atoms with van der Waals surface area (Å²) in [6, 6.07) is 16.8. The predicted octanol–water partition coefficient (Wildman–Crippen LogP) is 5.11. The molecule has 4 aromatic rings. The Bertz CT molecular complexity index is 1350. The molecular formula is C28H30N4O2S. The highest BCUT2D eigenvalue weighted by Crippen LogP contribution is 2.41. The van der Waals surface area contributed by atoms with Crippen LogP contribution in [0.25, 0.3) is 10.2 Å². The summed E-state index contributed by atoms with van der Waals surface area (Å²) < 4.78 is 10.9. The van der Waals surface area contributed by atoms with Crippen molar-refractivity contribution in [2.45, 2.75) is 25.7 Å². The summed E-state index contributed by atoms with van der Waals surface area (Å²) >= 11 is 1.87. The van der Waals surface area contributed by atoms with Gasteiger partial charge in [0.1, 0.15) is 16.5 Å². The van der Waals surface area contributed by atoms with Crippen molar-refractivity contribution in [3.05, 3.63) is 70.4 Å². The third-order valence-corrected chi connectivity index (χ3v) is 8.29. The van der Waals surface area contributed by atoms with E-state index in [0.29, 0.717) is 6.42 Å². The SMILES string of the molecule is COc1ccc(Cc2nc(N3CCN(c4ccccc4)CC3)c3c4c(sc3n2)CCC4)cc1OC. The molecule has 1 fully saturated rings. The summed E-state index contributed by atoms with van der Waals surface area (Å²) in [5.41, 5.74) is 3.90. The van der Waals surface area contributed by atoms with Crippen molar-refractivity contribution in [2.24, 2.45) is 0 Å². The van der Waals surface area contributed by atoms with Crippen LogP contribution in [0.4, 0.5) is 11.5 Å². The number of piperazine rings is 1. The maximum Gasteiger partial charge on any atom is 0.161 e. The van der Waals surface area contributed by atoms with Gasteiger partial charge in [-0.05, 0) is 54.7 Å². The number of fused-ring (bicyclic) bond motifs is 3. The third kappa shape index (κ3) is 4.18. The fourth-order valence-electron chi connectivity index (χ4n) is 5.32. The topological polar surface area (TPSA) is 50.7 Å². The molecule has 35 heavy (non-hydrogen) atoms. The zero-order valence-corrected chi connectivity index (χ0v) is 21.1. The Morgan fingerprint density at radius 2 is 1.63 bits per heavy atom. The standard InChI is InChI=1S/C28H30N4O2S/c1-33-22-12-11-19(17-23(22)34-2)18-25-29-27(26-21-9-6-10-24(21)35-28(26)30-25)32-15-13-31(14-16-32)20-7-4-3-5-8-20/h3-5,7-8,11-12,17H,6,9-10,13-16,18H2,1-2H3. The van der Waals surface area contributed by atoms with Crippen LogP contribution in [-0.4, -0.2) is 50.4 Å². The summed E-state index contributed by atoms with van der Waals surface area (Å²) in [7, 11) is 3.33. The molecule has 1 aliphatic carbocycles. The van der Waals surface area contributed by atoms with Crippen LogP contribution in [0.2, 0.25) is 0 Å². The molecule has 1 saturated heterocycles. The van der Waals surface area contributed by atoms with E-state index in [9.17, 15) is 0 Å². The Morgan fingerprint density at radius 1 is 0.857 bits per heavy atom. The van der Waals surface area contributed by atoms with Crippen LogP contribution >= 0.6 is 11.3 Å². The minimum absolute atomic E-state index is 0.663. The molecular weight excluding hydrogens is 456 g/mol. The number of para-hydroxylation sites is 1. The normalized spacial score (nSPS) is 15.5. The molecule has 0 radical (unpaired) electrons. The molecule has 2 aliphatic rings. The van der Waals surface area contributed by atoms with E-state index >= 15 is 0 Å². The Morgan fingerprint density at radius 3 is 2.40 bits per heavy atom. The highest BCUT2D eigenvalue weighted by molar-refractivity contribution is 7.19. The average molecular weight is 487 g/mol. The van der Waals surface area contributed by atoms with Crippen molar-refractivity contribution in [3.8, 4) is 11.5 Å². The predicted molar refractivity (Wildman–Crippen MR) is 143 cm³/mol. The van der Waals surface area contributed by atoms with Gasteiger partial charge in [0.15, 0.2) is 11.5 Å². The van der Waals surface area contributed by atoms with Crippen LogP contribution in [0.3, 0.4) is 0 Å². The number of anilines is 2. The first kappa shape index (κ1) is 22.2. The molecule has 0 spiro atoms. The molecule has 0 N–H and O–H groups in total. The van der Waals surface area contributed by atoms with Crippen LogP contribution in [0.5, 0.6) is 11.5 Å². The number of hydrogen-bond donors (Lipinski definition) is 0. The van der Waals surface area contributed by atoms with E-state index < -0.39 is 0 Å². The number of aryl methyl sites for hydroxylation is 2. The van der Waals surface area contributed by atoms with Crippen LogP contribution in [0.15, 0.2) is 48.5 Å². The van der Waals surface area contributed by atoms with E-state index in [2.05, 4.69) is 46.2 Å². The van der Waals surface area contributed by atoms with Gasteiger partial charge >= 0.3 is 0 Å². The Hall–Kier alpha value is -3.32. The number of ether oxygens (including phenoxy) is 2. The molecule has 0 amide bonds. The van der Waals surface area contributed by atoms with Gasteiger partial charge < -0.3 is 19.3 Å². The van der Waals surface area contributed by atoms with Gasteiger partial charge in [-0.15, -0.1) is 11.3 Å². The fraction of sp³-hybridized carbons (Fsp3) is 0.357. The largest absolute Gasteiger partial charge is 0.493 e. The maximum atomic E-state index is 5.51. The lowest BCUT2D eigenvalue weighted by Crippen LogP contribution is -2.47. The molecule has 0 saturated carbocycles. The first-order valence-electron chi connectivity index (χ1n) is 12.3. The van der Waals surface area contributed by atoms with Gasteiger partial charge in [0.25, 0.3) is 0 Å². The Balaban J connectivity index is 1.33. The zero-order chi connectivity index (χ0) is 23.8. The lowest BCUT2D eigenvalue weighted by atomic mass is 10.1. The summed E-state index contributed by atoms with van der Waals surface area (Å²) in [5.74, 6) is 3.46. The molecule has 0 unspecified atom stereocenters. The first-order chi connectivity index (χ1) is 17.2. The molecule has 3 heterocycles. The number of rotatable bonds is 6. The van der Waals surface area contributed by atoms with Gasteiger partial charge in [0, 0.05) is 43.2 Å². The van der Waals surface area contributed by atoms with Crippen molar-refractivity contribution < 1.29 is 9.47 Å². The molecule has 0 bridgehead atoms. The van der Waals surface area contributed by atoms with E-state index in [1.807, 2.05) is 23.5 Å². The second-order valence-corrected chi connectivity index (χ2v) is 10.3. The third-order valence-electron chi connectivity index (χ3n) is 7.10. The number of nitrogens with zero attached hydrogens (tertiary/aromatic N) is 4. The van der Waals surface area contributed by atoms with E-state index in [4.69, 9.17) is 19.4 Å². The van der Waals surface area contributed by atoms with Crippen molar-refractivity contribution in [1.82, 2.24) is 9.97 Å². The first-order valence-corrected chi connectivity index (χ1v) is 13.1. The monoisotopic (exact) mass is 486 g/mol. The second-order valence-electron chi connectivity index (χ2n) is 9.18. The Kier molecular flexibility index (Phi) is 5.94. The fourth-order valence-corrected chi connectivity index (χ4v) is 6.59. The van der Waals surface area contributed by atoms with Crippen molar-refractivity contribution in [1.29, 1.82) is 0 Å². The van der Waals surface area contributed by atoms with Crippen molar-refractivity contribution in [2.75, 3.05) is 50.2 Å². The minimum Gasteiger partial charge on any atom is -0.493 e. The molecule has 2 aromatic carbocycles. The van der Waals surface area contributed by atoms with Crippen molar-refractivity contribution in [3.63, 3.8) is 0 Å². The van der Waals surface area contributed by atoms with Gasteiger partial charge in [-0.1, -0.05) is 24.3 Å². The van der Waals surface area contributed by atoms with Crippen molar-refractivity contribution >= 4 is 33.1 Å². The molecule has 1 aliphatic heterocycles. The second kappa shape index (κ2) is 9.38. The lowest BCUT2D eigenvalue weighted by molar-refractivity contribution is 0.354. The number of thiophene rings is 1. The lowest BCUT2D eigenvalue weighted by Gasteiger charge is -2.37. The van der Waals surface area contributed by atoms with Crippen LogP contribution in [0.1, 0.15) is 28.2 Å². The zero-order valence-electron chi connectivity index (χ0n) is 20.3. The van der Waals surface area contributed by atoms with E-state index in [1.165, 1.54) is 34.4 Å². The van der Waals surface area contributed by atoms with Gasteiger partial charge in [-0.25, -0.2) is 9.97 Å². The minimum atomic E-state index is 0.663. The number of aromatic nitrogens is 2. The molecule has 180 valence electrons. The van der Waals surface area contributed by atoms with Gasteiger partial charge in [-0.2, -0.15) is 0 Å². The quantitative estimate of drug-likeness (QED) is 0.377. The molecule has 2 aromatic heterocycles. The number of hydrogen-bond acceptors (Lipinski definition) is 7. The summed E-state index contributed by atoms with van der Waals surface area (Å²) in [6.45, 7) is 3.91. The highest BCUT2D eigenvalue weighted by atomic mass is 32.1. The molecule has 6 nitrogen and oxygen atoms in total. The van der Waals surface area contributed by atoms with Gasteiger partial charge in [0.05, 0.1) is 19.6 Å². The molecule has 7 heteroatoms. The molecule has 6 rings (SSSR count). The van der Waals surface area contributed by atoms with E-state index in [0.717, 1.165) is 66.1 Å². The number of methoxy groups -OCH3 is 2. The maximum absolute atomic E-state index is 5.51. The summed E-state index contributed by atoms with van der Waals surface area (Å²) in [4.78, 5) is 17.8. The summed E-state index contributed by atoms with van der Waals surface area (Å²) in [6.07, 6.45) is 4.22. The average Bonchev–Trinajstić information content (AvgIpc) is 3.50. The van der Waals surface area contributed by atoms with Gasteiger partial charge in [0.2, 0.25) is 0 Å². The Labute approximate surface area is 210 Å². The van der Waals surface area contributed by atoms with Crippen LogP contribution in [-0.2, 0) is 19.3 Å². The number of benzene rings is 2. The van der Waals surface area contributed by atoms with Crippen LogP contribution < -0.4 is 19.3 Å². The van der Waals surface area contributed by atoms with E-state index in [1.54, 1.807) is 14.2 Å². The molecule has 0 atom stereocenters. The van der Waals surface area contributed by atoms with E-state index in [-0.39, 0.29) is 0 Å².